The minimum atomic E-state index is -0.421. The van der Waals surface area contributed by atoms with Crippen LogP contribution in [-0.2, 0) is 13.0 Å². The number of hydrogen-bond acceptors (Lipinski definition) is 5. The number of nitrogens with zero attached hydrogens (tertiary/aromatic N) is 3. The fraction of sp³-hybridized carbons (Fsp3) is 0.833. The number of aromatic nitrogens is 2. The van der Waals surface area contributed by atoms with Crippen molar-refractivity contribution in [1.29, 1.82) is 0 Å². The first-order chi connectivity index (χ1) is 8.19. The van der Waals surface area contributed by atoms with Crippen LogP contribution in [0.4, 0.5) is 0 Å². The van der Waals surface area contributed by atoms with Crippen LogP contribution in [0.25, 0.3) is 0 Å². The van der Waals surface area contributed by atoms with Gasteiger partial charge in [0.05, 0.1) is 12.1 Å². The van der Waals surface area contributed by atoms with E-state index in [0.29, 0.717) is 12.5 Å². The molecule has 0 amide bonds. The molecule has 1 N–H and O–H groups in total. The number of aryl methyl sites for hydroxylation is 1. The summed E-state index contributed by atoms with van der Waals surface area (Å²) < 4.78 is 5.14. The summed E-state index contributed by atoms with van der Waals surface area (Å²) in [7, 11) is 0. The zero-order valence-electron chi connectivity index (χ0n) is 10.2. The minimum absolute atomic E-state index is 0.421. The monoisotopic (exact) mass is 237 g/mol. The third kappa shape index (κ3) is 2.21. The van der Waals surface area contributed by atoms with Crippen molar-refractivity contribution in [2.75, 3.05) is 13.1 Å². The van der Waals surface area contributed by atoms with Crippen LogP contribution in [0, 0.1) is 5.92 Å². The first-order valence-electron chi connectivity index (χ1n) is 6.46. The maximum absolute atomic E-state index is 10.2. The molecule has 2 fully saturated rings. The molecule has 1 aliphatic carbocycles. The maximum Gasteiger partial charge on any atom is 0.226 e. The predicted octanol–water partition coefficient (Wildman–Crippen LogP) is 0.979. The van der Waals surface area contributed by atoms with E-state index in [1.807, 2.05) is 0 Å². The van der Waals surface area contributed by atoms with E-state index in [0.717, 1.165) is 37.6 Å². The quantitative estimate of drug-likeness (QED) is 0.827. The van der Waals surface area contributed by atoms with Gasteiger partial charge in [0.25, 0.3) is 0 Å². The van der Waals surface area contributed by atoms with Crippen molar-refractivity contribution in [3.05, 3.63) is 11.7 Å². The van der Waals surface area contributed by atoms with Crippen LogP contribution >= 0.6 is 0 Å². The normalized spacial score (nSPS) is 23.6. The maximum atomic E-state index is 10.2. The average molecular weight is 237 g/mol. The summed E-state index contributed by atoms with van der Waals surface area (Å²) in [5.41, 5.74) is -0.421. The molecule has 0 atom stereocenters. The number of aliphatic hydroxyl groups is 1. The highest BCUT2D eigenvalue weighted by Gasteiger charge is 2.51. The standard InChI is InChI=1S/C12H19N3O2/c1-2-3-11-13-10(14-17-11)6-15-7-12(16,8-15)9-4-5-9/h9,16H,2-8H2,1H3. The van der Waals surface area contributed by atoms with Gasteiger partial charge < -0.3 is 9.63 Å². The Morgan fingerprint density at radius 3 is 2.88 bits per heavy atom. The third-order valence-electron chi connectivity index (χ3n) is 3.67. The molecule has 94 valence electrons. The van der Waals surface area contributed by atoms with Crippen LogP contribution < -0.4 is 0 Å². The van der Waals surface area contributed by atoms with Crippen LogP contribution in [0.15, 0.2) is 4.52 Å². The second-order valence-electron chi connectivity index (χ2n) is 5.38. The summed E-state index contributed by atoms with van der Waals surface area (Å²) in [6, 6.07) is 0. The Kier molecular flexibility index (Phi) is 2.67. The van der Waals surface area contributed by atoms with Gasteiger partial charge in [-0.15, -0.1) is 0 Å². The predicted molar refractivity (Wildman–Crippen MR) is 61.2 cm³/mol. The lowest BCUT2D eigenvalue weighted by Gasteiger charge is -2.46. The molecule has 1 aliphatic heterocycles. The van der Waals surface area contributed by atoms with Gasteiger partial charge in [0.1, 0.15) is 0 Å². The fourth-order valence-corrected chi connectivity index (χ4v) is 2.59. The summed E-state index contributed by atoms with van der Waals surface area (Å²) in [5, 5.41) is 14.1. The van der Waals surface area contributed by atoms with Crippen molar-refractivity contribution < 1.29 is 9.63 Å². The van der Waals surface area contributed by atoms with Crippen molar-refractivity contribution in [2.24, 2.45) is 5.92 Å². The average Bonchev–Trinajstić information content (AvgIpc) is 3.01. The molecule has 0 radical (unpaired) electrons. The van der Waals surface area contributed by atoms with Gasteiger partial charge in [-0.2, -0.15) is 4.98 Å². The van der Waals surface area contributed by atoms with Crippen molar-refractivity contribution in [1.82, 2.24) is 15.0 Å². The van der Waals surface area contributed by atoms with E-state index in [2.05, 4.69) is 22.0 Å². The van der Waals surface area contributed by atoms with Crippen molar-refractivity contribution >= 4 is 0 Å². The van der Waals surface area contributed by atoms with Gasteiger partial charge in [0, 0.05) is 19.5 Å². The lowest BCUT2D eigenvalue weighted by atomic mass is 9.89. The summed E-state index contributed by atoms with van der Waals surface area (Å²) >= 11 is 0. The zero-order valence-corrected chi connectivity index (χ0v) is 10.2. The molecule has 0 unspecified atom stereocenters. The minimum Gasteiger partial charge on any atom is -0.387 e. The Morgan fingerprint density at radius 2 is 2.24 bits per heavy atom. The Morgan fingerprint density at radius 1 is 1.47 bits per heavy atom. The first kappa shape index (κ1) is 11.2. The Hall–Kier alpha value is -0.940. The Balaban J connectivity index is 1.51. The second-order valence-corrected chi connectivity index (χ2v) is 5.38. The van der Waals surface area contributed by atoms with Crippen molar-refractivity contribution in [3.8, 4) is 0 Å². The van der Waals surface area contributed by atoms with E-state index in [9.17, 15) is 5.11 Å². The Bertz CT molecular complexity index is 394. The molecule has 0 spiro atoms. The van der Waals surface area contributed by atoms with Gasteiger partial charge in [-0.1, -0.05) is 12.1 Å². The molecule has 5 heteroatoms. The first-order valence-corrected chi connectivity index (χ1v) is 6.46. The van der Waals surface area contributed by atoms with Crippen molar-refractivity contribution in [3.63, 3.8) is 0 Å². The lowest BCUT2D eigenvalue weighted by Crippen LogP contribution is -2.62. The molecule has 3 rings (SSSR count). The van der Waals surface area contributed by atoms with Crippen LogP contribution in [0.1, 0.15) is 37.9 Å². The summed E-state index contributed by atoms with van der Waals surface area (Å²) in [5.74, 6) is 2.01. The highest BCUT2D eigenvalue weighted by Crippen LogP contribution is 2.44. The van der Waals surface area contributed by atoms with E-state index >= 15 is 0 Å². The van der Waals surface area contributed by atoms with Gasteiger partial charge in [0.2, 0.25) is 5.89 Å². The molecular formula is C12H19N3O2. The largest absolute Gasteiger partial charge is 0.387 e. The van der Waals surface area contributed by atoms with E-state index in [1.54, 1.807) is 0 Å². The third-order valence-corrected chi connectivity index (χ3v) is 3.67. The van der Waals surface area contributed by atoms with Crippen LogP contribution in [-0.4, -0.2) is 38.8 Å². The highest BCUT2D eigenvalue weighted by atomic mass is 16.5. The van der Waals surface area contributed by atoms with Gasteiger partial charge in [-0.3, -0.25) is 4.90 Å². The molecule has 1 aromatic rings. The molecule has 0 bridgehead atoms. The number of rotatable bonds is 5. The topological polar surface area (TPSA) is 62.4 Å². The lowest BCUT2D eigenvalue weighted by molar-refractivity contribution is -0.117. The highest BCUT2D eigenvalue weighted by molar-refractivity contribution is 5.06. The molecule has 0 aromatic carbocycles. The zero-order chi connectivity index (χ0) is 11.9. The van der Waals surface area contributed by atoms with Gasteiger partial charge >= 0.3 is 0 Å². The molecule has 2 aliphatic rings. The number of likely N-dealkylation sites (tertiary alicyclic amines) is 1. The fourth-order valence-electron chi connectivity index (χ4n) is 2.59. The summed E-state index contributed by atoms with van der Waals surface area (Å²) in [6.07, 6.45) is 4.24. The second kappa shape index (κ2) is 4.07. The summed E-state index contributed by atoms with van der Waals surface area (Å²) in [4.78, 5) is 6.51. The van der Waals surface area contributed by atoms with Crippen LogP contribution in [0.5, 0.6) is 0 Å². The van der Waals surface area contributed by atoms with Crippen LogP contribution in [0.3, 0.4) is 0 Å². The molecule has 2 heterocycles. The van der Waals surface area contributed by atoms with Crippen LogP contribution in [0.2, 0.25) is 0 Å². The van der Waals surface area contributed by atoms with E-state index < -0.39 is 5.60 Å². The molecule has 1 aromatic heterocycles. The Labute approximate surface area is 101 Å². The summed E-state index contributed by atoms with van der Waals surface area (Å²) in [6.45, 7) is 4.31. The molecular weight excluding hydrogens is 218 g/mol. The van der Waals surface area contributed by atoms with E-state index in [4.69, 9.17) is 4.52 Å². The smallest absolute Gasteiger partial charge is 0.226 e. The van der Waals surface area contributed by atoms with Crippen molar-refractivity contribution in [2.45, 2.75) is 44.8 Å². The van der Waals surface area contributed by atoms with Gasteiger partial charge in [0.15, 0.2) is 5.82 Å². The van der Waals surface area contributed by atoms with Gasteiger partial charge in [-0.05, 0) is 25.2 Å². The molecule has 1 saturated carbocycles. The SMILES string of the molecule is CCCc1nc(CN2CC(O)(C3CC3)C2)no1. The number of β-amino-alcohol motifs (C(OH)–C–C–N with tert-alkyl or cyclic N) is 1. The number of hydrogen-bond donors (Lipinski definition) is 1. The molecule has 1 saturated heterocycles. The molecule has 5 nitrogen and oxygen atoms in total. The van der Waals surface area contributed by atoms with E-state index in [-0.39, 0.29) is 0 Å². The van der Waals surface area contributed by atoms with E-state index in [1.165, 1.54) is 12.8 Å². The van der Waals surface area contributed by atoms with Gasteiger partial charge in [-0.25, -0.2) is 0 Å². The molecule has 17 heavy (non-hydrogen) atoms.